The molecule has 1 heterocycles. The van der Waals surface area contributed by atoms with E-state index in [4.69, 9.17) is 14.2 Å². The molecule has 1 aromatic carbocycles. The third-order valence-electron chi connectivity index (χ3n) is 3.24. The van der Waals surface area contributed by atoms with Crippen molar-refractivity contribution in [3.8, 4) is 17.2 Å². The Kier molecular flexibility index (Phi) is 4.92. The number of ether oxygens (including phenoxy) is 3. The van der Waals surface area contributed by atoms with Gasteiger partial charge < -0.3 is 19.5 Å². The summed E-state index contributed by atoms with van der Waals surface area (Å²) in [6.45, 7) is 3.59. The maximum Gasteiger partial charge on any atom is 0.203 e. The predicted octanol–water partition coefficient (Wildman–Crippen LogP) is 2.54. The smallest absolute Gasteiger partial charge is 0.203 e. The van der Waals surface area contributed by atoms with Crippen LogP contribution >= 0.6 is 0 Å². The fourth-order valence-corrected chi connectivity index (χ4v) is 2.17. The summed E-state index contributed by atoms with van der Waals surface area (Å²) < 4.78 is 17.9. The van der Waals surface area contributed by atoms with E-state index in [2.05, 4.69) is 17.3 Å². The number of benzene rings is 1. The first kappa shape index (κ1) is 15.0. The Morgan fingerprint density at radius 1 is 1.10 bits per heavy atom. The summed E-state index contributed by atoms with van der Waals surface area (Å²) in [7, 11) is 4.80. The first-order valence-electron chi connectivity index (χ1n) is 6.78. The molecule has 1 aromatic heterocycles. The van der Waals surface area contributed by atoms with Gasteiger partial charge >= 0.3 is 0 Å². The van der Waals surface area contributed by atoms with Crippen molar-refractivity contribution >= 4 is 5.69 Å². The summed E-state index contributed by atoms with van der Waals surface area (Å²) in [5.74, 6) is 1.84. The minimum Gasteiger partial charge on any atom is -0.493 e. The average molecular weight is 291 g/mol. The Labute approximate surface area is 124 Å². The maximum atomic E-state index is 5.34. The zero-order valence-corrected chi connectivity index (χ0v) is 12.8. The Hall–Kier alpha value is -2.37. The zero-order valence-electron chi connectivity index (χ0n) is 12.8. The first-order chi connectivity index (χ1) is 10.2. The van der Waals surface area contributed by atoms with Crippen LogP contribution in [0.15, 0.2) is 24.4 Å². The molecule has 21 heavy (non-hydrogen) atoms. The van der Waals surface area contributed by atoms with Crippen LogP contribution in [0.3, 0.4) is 0 Å². The van der Waals surface area contributed by atoms with Crippen LogP contribution in [0.4, 0.5) is 5.69 Å². The molecule has 6 nitrogen and oxygen atoms in total. The Morgan fingerprint density at radius 2 is 1.76 bits per heavy atom. The van der Waals surface area contributed by atoms with E-state index in [0.717, 1.165) is 17.9 Å². The highest BCUT2D eigenvalue weighted by Crippen LogP contribution is 2.39. The number of hydrogen-bond acceptors (Lipinski definition) is 5. The van der Waals surface area contributed by atoms with E-state index in [1.807, 2.05) is 22.9 Å². The van der Waals surface area contributed by atoms with Gasteiger partial charge in [0, 0.05) is 30.6 Å². The molecule has 0 bridgehead atoms. The fourth-order valence-electron chi connectivity index (χ4n) is 2.17. The van der Waals surface area contributed by atoms with Gasteiger partial charge in [-0.1, -0.05) is 0 Å². The van der Waals surface area contributed by atoms with Crippen LogP contribution in [0.1, 0.15) is 12.6 Å². The standard InChI is InChI=1S/C15H21N3O3/c1-5-18-12(6-7-17-18)10-16-11-8-13(19-2)15(21-4)14(9-11)20-3/h6-9,16H,5,10H2,1-4H3. The summed E-state index contributed by atoms with van der Waals surface area (Å²) in [6, 6.07) is 5.76. The number of methoxy groups -OCH3 is 3. The Morgan fingerprint density at radius 3 is 2.29 bits per heavy atom. The van der Waals surface area contributed by atoms with E-state index in [1.165, 1.54) is 0 Å². The van der Waals surface area contributed by atoms with Gasteiger partial charge in [0.15, 0.2) is 11.5 Å². The van der Waals surface area contributed by atoms with Gasteiger partial charge in [0.25, 0.3) is 0 Å². The van der Waals surface area contributed by atoms with Crippen molar-refractivity contribution in [1.82, 2.24) is 9.78 Å². The molecule has 0 aliphatic carbocycles. The Bertz CT molecular complexity index is 571. The molecule has 6 heteroatoms. The van der Waals surface area contributed by atoms with Gasteiger partial charge in [-0.2, -0.15) is 5.10 Å². The molecule has 0 saturated carbocycles. The van der Waals surface area contributed by atoms with E-state index < -0.39 is 0 Å². The summed E-state index contributed by atoms with van der Waals surface area (Å²) in [5.41, 5.74) is 2.01. The summed E-state index contributed by atoms with van der Waals surface area (Å²) in [6.07, 6.45) is 1.80. The van der Waals surface area contributed by atoms with Gasteiger partial charge in [0.05, 0.1) is 33.6 Å². The van der Waals surface area contributed by atoms with E-state index in [1.54, 1.807) is 27.5 Å². The zero-order chi connectivity index (χ0) is 15.2. The second kappa shape index (κ2) is 6.88. The Balaban J connectivity index is 2.20. The lowest BCUT2D eigenvalue weighted by Crippen LogP contribution is -2.08. The largest absolute Gasteiger partial charge is 0.493 e. The molecule has 0 unspecified atom stereocenters. The SMILES string of the molecule is CCn1nccc1CNc1cc(OC)c(OC)c(OC)c1. The predicted molar refractivity (Wildman–Crippen MR) is 81.3 cm³/mol. The molecule has 0 saturated heterocycles. The fraction of sp³-hybridized carbons (Fsp3) is 0.400. The summed E-state index contributed by atoms with van der Waals surface area (Å²) in [5, 5.41) is 7.60. The van der Waals surface area contributed by atoms with Gasteiger partial charge in [0.1, 0.15) is 0 Å². The molecule has 0 radical (unpaired) electrons. The molecular formula is C15H21N3O3. The van der Waals surface area contributed by atoms with Gasteiger partial charge in [0.2, 0.25) is 5.75 Å². The lowest BCUT2D eigenvalue weighted by Gasteiger charge is -2.15. The normalized spacial score (nSPS) is 10.3. The first-order valence-corrected chi connectivity index (χ1v) is 6.78. The quantitative estimate of drug-likeness (QED) is 0.849. The topological polar surface area (TPSA) is 57.5 Å². The van der Waals surface area contributed by atoms with Crippen LogP contribution in [0.5, 0.6) is 17.2 Å². The van der Waals surface area contributed by atoms with Crippen molar-refractivity contribution in [2.75, 3.05) is 26.6 Å². The van der Waals surface area contributed by atoms with E-state index in [9.17, 15) is 0 Å². The van der Waals surface area contributed by atoms with Gasteiger partial charge in [-0.05, 0) is 13.0 Å². The van der Waals surface area contributed by atoms with E-state index >= 15 is 0 Å². The molecule has 0 spiro atoms. The highest BCUT2D eigenvalue weighted by atomic mass is 16.5. The number of nitrogens with one attached hydrogen (secondary N) is 1. The number of anilines is 1. The minimum atomic E-state index is 0.587. The minimum absolute atomic E-state index is 0.587. The molecule has 0 aliphatic heterocycles. The van der Waals surface area contributed by atoms with Crippen molar-refractivity contribution in [1.29, 1.82) is 0 Å². The number of rotatable bonds is 7. The molecule has 2 rings (SSSR count). The van der Waals surface area contributed by atoms with E-state index in [0.29, 0.717) is 23.8 Å². The maximum absolute atomic E-state index is 5.34. The van der Waals surface area contributed by atoms with Crippen LogP contribution in [0.25, 0.3) is 0 Å². The van der Waals surface area contributed by atoms with Crippen molar-refractivity contribution in [2.24, 2.45) is 0 Å². The van der Waals surface area contributed by atoms with Gasteiger partial charge in [-0.25, -0.2) is 0 Å². The van der Waals surface area contributed by atoms with Crippen molar-refractivity contribution in [3.63, 3.8) is 0 Å². The molecule has 1 N–H and O–H groups in total. The third kappa shape index (κ3) is 3.21. The number of aryl methyl sites for hydroxylation is 1. The monoisotopic (exact) mass is 291 g/mol. The lowest BCUT2D eigenvalue weighted by molar-refractivity contribution is 0.324. The molecule has 114 valence electrons. The molecule has 2 aromatic rings. The van der Waals surface area contributed by atoms with Crippen LogP contribution in [-0.4, -0.2) is 31.1 Å². The molecule has 0 atom stereocenters. The number of hydrogen-bond donors (Lipinski definition) is 1. The van der Waals surface area contributed by atoms with Gasteiger partial charge in [-0.3, -0.25) is 4.68 Å². The van der Waals surface area contributed by atoms with Crippen molar-refractivity contribution in [3.05, 3.63) is 30.1 Å². The van der Waals surface area contributed by atoms with Crippen LogP contribution < -0.4 is 19.5 Å². The second-order valence-corrected chi connectivity index (χ2v) is 4.41. The molecular weight excluding hydrogens is 270 g/mol. The summed E-state index contributed by atoms with van der Waals surface area (Å²) >= 11 is 0. The summed E-state index contributed by atoms with van der Waals surface area (Å²) in [4.78, 5) is 0. The highest BCUT2D eigenvalue weighted by molar-refractivity contribution is 5.62. The highest BCUT2D eigenvalue weighted by Gasteiger charge is 2.13. The lowest BCUT2D eigenvalue weighted by atomic mass is 10.2. The van der Waals surface area contributed by atoms with Crippen LogP contribution in [0.2, 0.25) is 0 Å². The van der Waals surface area contributed by atoms with Crippen molar-refractivity contribution < 1.29 is 14.2 Å². The van der Waals surface area contributed by atoms with Crippen LogP contribution in [0, 0.1) is 0 Å². The van der Waals surface area contributed by atoms with Crippen molar-refractivity contribution in [2.45, 2.75) is 20.0 Å². The van der Waals surface area contributed by atoms with Gasteiger partial charge in [-0.15, -0.1) is 0 Å². The number of nitrogens with zero attached hydrogens (tertiary/aromatic N) is 2. The molecule has 0 amide bonds. The van der Waals surface area contributed by atoms with E-state index in [-0.39, 0.29) is 0 Å². The molecule has 0 fully saturated rings. The average Bonchev–Trinajstić information content (AvgIpc) is 2.99. The number of aromatic nitrogens is 2. The molecule has 0 aliphatic rings. The second-order valence-electron chi connectivity index (χ2n) is 4.41. The third-order valence-corrected chi connectivity index (χ3v) is 3.24. The van der Waals surface area contributed by atoms with Crippen LogP contribution in [-0.2, 0) is 13.1 Å².